The van der Waals surface area contributed by atoms with Crippen LogP contribution in [0.1, 0.15) is 25.7 Å². The van der Waals surface area contributed by atoms with E-state index in [2.05, 4.69) is 10.6 Å². The number of carboxylic acid groups (broad SMARTS) is 1. The zero-order valence-electron chi connectivity index (χ0n) is 11.0. The molecule has 0 bridgehead atoms. The molecule has 0 atom stereocenters. The molecule has 1 amide bonds. The molecular weight excluding hydrogens is 280 g/mol. The quantitative estimate of drug-likeness (QED) is 0.752. The summed E-state index contributed by atoms with van der Waals surface area (Å²) in [6.07, 6.45) is 2.36. The van der Waals surface area contributed by atoms with E-state index in [9.17, 15) is 9.59 Å². The van der Waals surface area contributed by atoms with Crippen LogP contribution in [-0.4, -0.2) is 29.1 Å². The van der Waals surface area contributed by atoms with E-state index in [-0.39, 0.29) is 12.3 Å². The molecule has 0 saturated heterocycles. The number of benzene rings is 1. The molecule has 1 aliphatic carbocycles. The summed E-state index contributed by atoms with van der Waals surface area (Å²) in [5, 5.41) is 15.3. The van der Waals surface area contributed by atoms with Crippen LogP contribution in [-0.2, 0) is 9.59 Å². The molecule has 5 nitrogen and oxygen atoms in total. The van der Waals surface area contributed by atoms with Crippen LogP contribution >= 0.6 is 11.6 Å². The summed E-state index contributed by atoms with van der Waals surface area (Å²) in [7, 11) is 0. The second-order valence-electron chi connectivity index (χ2n) is 4.95. The Morgan fingerprint density at radius 1 is 1.30 bits per heavy atom. The van der Waals surface area contributed by atoms with E-state index in [1.807, 2.05) is 0 Å². The van der Waals surface area contributed by atoms with Crippen LogP contribution < -0.4 is 10.6 Å². The number of nitrogens with one attached hydrogen (secondary N) is 2. The highest BCUT2D eigenvalue weighted by Gasteiger charge is 2.43. The summed E-state index contributed by atoms with van der Waals surface area (Å²) in [4.78, 5) is 22.9. The lowest BCUT2D eigenvalue weighted by Gasteiger charge is -2.38. The van der Waals surface area contributed by atoms with Gasteiger partial charge in [-0.05, 0) is 31.4 Å². The van der Waals surface area contributed by atoms with Gasteiger partial charge in [-0.25, -0.2) is 0 Å². The number of amides is 1. The molecule has 1 aromatic rings. The highest BCUT2D eigenvalue weighted by Crippen LogP contribution is 2.31. The standard InChI is InChI=1S/C14H17ClN2O3/c15-10-4-1-2-5-11(10)17-12(18)6-9-16-14(13(19)20)7-3-8-14/h1-2,4-5,16H,3,6-9H2,(H,17,18)(H,19,20). The van der Waals surface area contributed by atoms with Crippen molar-refractivity contribution in [2.45, 2.75) is 31.2 Å². The van der Waals surface area contributed by atoms with Gasteiger partial charge in [0.15, 0.2) is 0 Å². The van der Waals surface area contributed by atoms with Crippen molar-refractivity contribution in [3.63, 3.8) is 0 Å². The normalized spacial score (nSPS) is 16.2. The fourth-order valence-corrected chi connectivity index (χ4v) is 2.37. The Morgan fingerprint density at radius 2 is 2.00 bits per heavy atom. The molecule has 0 radical (unpaired) electrons. The molecular formula is C14H17ClN2O3. The molecule has 1 fully saturated rings. The largest absolute Gasteiger partial charge is 0.480 e. The zero-order chi connectivity index (χ0) is 14.6. The van der Waals surface area contributed by atoms with Gasteiger partial charge < -0.3 is 15.7 Å². The van der Waals surface area contributed by atoms with Gasteiger partial charge in [-0.3, -0.25) is 9.59 Å². The summed E-state index contributed by atoms with van der Waals surface area (Å²) < 4.78 is 0. The van der Waals surface area contributed by atoms with Crippen molar-refractivity contribution in [1.29, 1.82) is 0 Å². The second kappa shape index (κ2) is 6.24. The summed E-state index contributed by atoms with van der Waals surface area (Å²) in [5.41, 5.74) is -0.263. The van der Waals surface area contributed by atoms with E-state index in [0.29, 0.717) is 30.1 Å². The first-order valence-electron chi connectivity index (χ1n) is 6.56. The van der Waals surface area contributed by atoms with Crippen molar-refractivity contribution in [2.24, 2.45) is 0 Å². The summed E-state index contributed by atoms with van der Waals surface area (Å²) in [6.45, 7) is 0.336. The Balaban J connectivity index is 1.79. The third-order valence-corrected chi connectivity index (χ3v) is 3.91. The summed E-state index contributed by atoms with van der Waals surface area (Å²) in [6, 6.07) is 6.99. The number of hydrogen-bond acceptors (Lipinski definition) is 3. The van der Waals surface area contributed by atoms with Crippen molar-refractivity contribution in [1.82, 2.24) is 5.32 Å². The van der Waals surface area contributed by atoms with Crippen molar-refractivity contribution in [3.05, 3.63) is 29.3 Å². The number of halogens is 1. The van der Waals surface area contributed by atoms with Gasteiger partial charge in [0.2, 0.25) is 5.91 Å². The van der Waals surface area contributed by atoms with Crippen LogP contribution in [0.5, 0.6) is 0 Å². The number of carbonyl (C=O) groups excluding carboxylic acids is 1. The van der Waals surface area contributed by atoms with E-state index in [1.165, 1.54) is 0 Å². The van der Waals surface area contributed by atoms with E-state index in [0.717, 1.165) is 6.42 Å². The minimum Gasteiger partial charge on any atom is -0.480 e. The molecule has 0 spiro atoms. The van der Waals surface area contributed by atoms with E-state index in [1.54, 1.807) is 24.3 Å². The van der Waals surface area contributed by atoms with Crippen molar-refractivity contribution in [3.8, 4) is 0 Å². The van der Waals surface area contributed by atoms with Gasteiger partial charge in [0.25, 0.3) is 0 Å². The number of anilines is 1. The Labute approximate surface area is 122 Å². The topological polar surface area (TPSA) is 78.4 Å². The molecule has 20 heavy (non-hydrogen) atoms. The second-order valence-corrected chi connectivity index (χ2v) is 5.35. The number of carboxylic acids is 1. The van der Waals surface area contributed by atoms with Crippen molar-refractivity contribution >= 4 is 29.2 Å². The lowest BCUT2D eigenvalue weighted by atomic mass is 9.77. The van der Waals surface area contributed by atoms with Gasteiger partial charge in [0, 0.05) is 13.0 Å². The molecule has 1 saturated carbocycles. The Morgan fingerprint density at radius 3 is 2.55 bits per heavy atom. The number of carbonyl (C=O) groups is 2. The smallest absolute Gasteiger partial charge is 0.323 e. The first kappa shape index (κ1) is 14.8. The van der Waals surface area contributed by atoms with Crippen LogP contribution in [0.15, 0.2) is 24.3 Å². The van der Waals surface area contributed by atoms with E-state index in [4.69, 9.17) is 16.7 Å². The Bertz CT molecular complexity index is 515. The molecule has 6 heteroatoms. The highest BCUT2D eigenvalue weighted by atomic mass is 35.5. The maximum atomic E-state index is 11.8. The minimum atomic E-state index is -0.838. The third kappa shape index (κ3) is 3.29. The molecule has 0 heterocycles. The van der Waals surface area contributed by atoms with Gasteiger partial charge >= 0.3 is 5.97 Å². The van der Waals surface area contributed by atoms with Gasteiger partial charge in [-0.15, -0.1) is 0 Å². The maximum absolute atomic E-state index is 11.8. The molecule has 1 aromatic carbocycles. The average molecular weight is 297 g/mol. The summed E-state index contributed by atoms with van der Waals surface area (Å²) >= 11 is 5.94. The monoisotopic (exact) mass is 296 g/mol. The van der Waals surface area contributed by atoms with Crippen LogP contribution in [0.25, 0.3) is 0 Å². The van der Waals surface area contributed by atoms with Gasteiger partial charge in [0.1, 0.15) is 5.54 Å². The molecule has 2 rings (SSSR count). The molecule has 0 aromatic heterocycles. The predicted molar refractivity (Wildman–Crippen MR) is 76.9 cm³/mol. The number of hydrogen-bond donors (Lipinski definition) is 3. The van der Waals surface area contributed by atoms with Crippen LogP contribution in [0.3, 0.4) is 0 Å². The van der Waals surface area contributed by atoms with Gasteiger partial charge in [-0.2, -0.15) is 0 Å². The minimum absolute atomic E-state index is 0.189. The van der Waals surface area contributed by atoms with Gasteiger partial charge in [0.05, 0.1) is 10.7 Å². The predicted octanol–water partition coefficient (Wildman–Crippen LogP) is 2.27. The number of para-hydroxylation sites is 1. The average Bonchev–Trinajstić information content (AvgIpc) is 2.35. The first-order valence-corrected chi connectivity index (χ1v) is 6.94. The number of aliphatic carboxylic acids is 1. The fraction of sp³-hybridized carbons (Fsp3) is 0.429. The number of rotatable bonds is 6. The van der Waals surface area contributed by atoms with Crippen molar-refractivity contribution in [2.75, 3.05) is 11.9 Å². The van der Waals surface area contributed by atoms with E-state index < -0.39 is 11.5 Å². The lowest BCUT2D eigenvalue weighted by Crippen LogP contribution is -2.57. The Hall–Kier alpha value is -1.59. The first-order chi connectivity index (χ1) is 9.53. The molecule has 108 valence electrons. The van der Waals surface area contributed by atoms with Crippen LogP contribution in [0.4, 0.5) is 5.69 Å². The van der Waals surface area contributed by atoms with Gasteiger partial charge in [-0.1, -0.05) is 23.7 Å². The van der Waals surface area contributed by atoms with Crippen LogP contribution in [0.2, 0.25) is 5.02 Å². The molecule has 3 N–H and O–H groups in total. The third-order valence-electron chi connectivity index (χ3n) is 3.58. The maximum Gasteiger partial charge on any atom is 0.323 e. The molecule has 1 aliphatic rings. The van der Waals surface area contributed by atoms with Crippen LogP contribution in [0, 0.1) is 0 Å². The molecule has 0 unspecified atom stereocenters. The summed E-state index contributed by atoms with van der Waals surface area (Å²) in [5.74, 6) is -1.03. The highest BCUT2D eigenvalue weighted by molar-refractivity contribution is 6.33. The van der Waals surface area contributed by atoms with E-state index >= 15 is 0 Å². The SMILES string of the molecule is O=C(CCNC1(C(=O)O)CCC1)Nc1ccccc1Cl. The zero-order valence-corrected chi connectivity index (χ0v) is 11.7. The lowest BCUT2D eigenvalue weighted by molar-refractivity contribution is -0.149. The fourth-order valence-electron chi connectivity index (χ4n) is 2.19. The Kier molecular flexibility index (Phi) is 4.62. The molecule has 0 aliphatic heterocycles. The van der Waals surface area contributed by atoms with Crippen molar-refractivity contribution < 1.29 is 14.7 Å².